The SMILES string of the molecule is Cc1cc(Oc2ccc(Br)cc2C#N)ccc1N. The predicted octanol–water partition coefficient (Wildman–Crippen LogP) is 4.00. The van der Waals surface area contributed by atoms with Gasteiger partial charge in [-0.3, -0.25) is 0 Å². The molecule has 0 amide bonds. The van der Waals surface area contributed by atoms with Crippen LogP contribution in [0.5, 0.6) is 11.5 Å². The second-order valence-electron chi connectivity index (χ2n) is 3.87. The van der Waals surface area contributed by atoms with Crippen molar-refractivity contribution < 1.29 is 4.74 Å². The smallest absolute Gasteiger partial charge is 0.145 e. The molecule has 2 rings (SSSR count). The maximum absolute atomic E-state index is 9.05. The van der Waals surface area contributed by atoms with Gasteiger partial charge in [-0.25, -0.2) is 0 Å². The molecule has 0 saturated carbocycles. The maximum Gasteiger partial charge on any atom is 0.145 e. The van der Waals surface area contributed by atoms with Crippen molar-refractivity contribution in [1.82, 2.24) is 0 Å². The number of nitrogens with zero attached hydrogens (tertiary/aromatic N) is 1. The molecule has 0 unspecified atom stereocenters. The van der Waals surface area contributed by atoms with E-state index in [-0.39, 0.29) is 0 Å². The van der Waals surface area contributed by atoms with Crippen molar-refractivity contribution >= 4 is 21.6 Å². The first-order valence-corrected chi connectivity index (χ1v) is 6.13. The Morgan fingerprint density at radius 3 is 2.67 bits per heavy atom. The van der Waals surface area contributed by atoms with Crippen molar-refractivity contribution in [3.05, 3.63) is 52.0 Å². The number of nitrogens with two attached hydrogens (primary N) is 1. The topological polar surface area (TPSA) is 59.0 Å². The molecule has 0 aliphatic rings. The lowest BCUT2D eigenvalue weighted by molar-refractivity contribution is 0.480. The quantitative estimate of drug-likeness (QED) is 0.853. The molecule has 2 aromatic rings. The molecule has 0 heterocycles. The predicted molar refractivity (Wildman–Crippen MR) is 74.5 cm³/mol. The molecule has 0 aromatic heterocycles. The molecular weight excluding hydrogens is 292 g/mol. The third-order valence-corrected chi connectivity index (χ3v) is 3.02. The Bertz CT molecular complexity index is 632. The van der Waals surface area contributed by atoms with Gasteiger partial charge in [0, 0.05) is 10.2 Å². The van der Waals surface area contributed by atoms with Gasteiger partial charge < -0.3 is 10.5 Å². The molecule has 90 valence electrons. The molecule has 2 aromatic carbocycles. The average Bonchev–Trinajstić information content (AvgIpc) is 2.36. The second kappa shape index (κ2) is 5.11. The van der Waals surface area contributed by atoms with Crippen molar-refractivity contribution in [3.63, 3.8) is 0 Å². The van der Waals surface area contributed by atoms with Crippen LogP contribution < -0.4 is 10.5 Å². The summed E-state index contributed by atoms with van der Waals surface area (Å²) in [7, 11) is 0. The molecule has 0 spiro atoms. The van der Waals surface area contributed by atoms with E-state index < -0.39 is 0 Å². The monoisotopic (exact) mass is 302 g/mol. The number of anilines is 1. The number of nitriles is 1. The number of nitrogen functional groups attached to an aromatic ring is 1. The normalized spacial score (nSPS) is 9.83. The number of rotatable bonds is 2. The van der Waals surface area contributed by atoms with E-state index in [9.17, 15) is 0 Å². The standard InChI is InChI=1S/C14H11BrN2O/c1-9-6-12(3-4-13(9)17)18-14-5-2-11(15)7-10(14)8-16/h2-7H,17H2,1H3. The number of aryl methyl sites for hydroxylation is 1. The fourth-order valence-corrected chi connectivity index (χ4v) is 1.88. The van der Waals surface area contributed by atoms with E-state index in [0.29, 0.717) is 17.1 Å². The van der Waals surface area contributed by atoms with Gasteiger partial charge in [0.15, 0.2) is 0 Å². The van der Waals surface area contributed by atoms with Crippen LogP contribution in [0, 0.1) is 18.3 Å². The molecule has 0 radical (unpaired) electrons. The van der Waals surface area contributed by atoms with Gasteiger partial charge in [0.2, 0.25) is 0 Å². The van der Waals surface area contributed by atoms with Crippen LogP contribution in [0.2, 0.25) is 0 Å². The Kier molecular flexibility index (Phi) is 3.54. The Labute approximate surface area is 114 Å². The van der Waals surface area contributed by atoms with Crippen LogP contribution in [0.15, 0.2) is 40.9 Å². The minimum Gasteiger partial charge on any atom is -0.456 e. The summed E-state index contributed by atoms with van der Waals surface area (Å²) < 4.78 is 6.54. The molecule has 3 nitrogen and oxygen atoms in total. The van der Waals surface area contributed by atoms with Gasteiger partial charge in [-0.1, -0.05) is 15.9 Å². The largest absolute Gasteiger partial charge is 0.456 e. The van der Waals surface area contributed by atoms with E-state index in [0.717, 1.165) is 15.7 Å². The van der Waals surface area contributed by atoms with E-state index in [4.69, 9.17) is 15.7 Å². The van der Waals surface area contributed by atoms with Gasteiger partial charge in [-0.2, -0.15) is 5.26 Å². The summed E-state index contributed by atoms with van der Waals surface area (Å²) in [6, 6.07) is 12.8. The summed E-state index contributed by atoms with van der Waals surface area (Å²) in [4.78, 5) is 0. The van der Waals surface area contributed by atoms with Crippen LogP contribution >= 0.6 is 15.9 Å². The van der Waals surface area contributed by atoms with Gasteiger partial charge in [0.05, 0.1) is 5.56 Å². The maximum atomic E-state index is 9.05. The summed E-state index contributed by atoms with van der Waals surface area (Å²) in [5, 5.41) is 9.05. The first-order chi connectivity index (χ1) is 8.60. The van der Waals surface area contributed by atoms with E-state index in [2.05, 4.69) is 22.0 Å². The lowest BCUT2D eigenvalue weighted by Gasteiger charge is -2.09. The highest BCUT2D eigenvalue weighted by Crippen LogP contribution is 2.29. The van der Waals surface area contributed by atoms with Gasteiger partial charge >= 0.3 is 0 Å². The molecular formula is C14H11BrN2O. The summed E-state index contributed by atoms with van der Waals surface area (Å²) >= 11 is 3.32. The van der Waals surface area contributed by atoms with Crippen LogP contribution in [-0.4, -0.2) is 0 Å². The zero-order chi connectivity index (χ0) is 13.1. The number of halogens is 1. The van der Waals surface area contributed by atoms with Crippen molar-refractivity contribution in [2.45, 2.75) is 6.92 Å². The van der Waals surface area contributed by atoms with Gasteiger partial charge in [0.1, 0.15) is 17.6 Å². The lowest BCUT2D eigenvalue weighted by Crippen LogP contribution is -1.92. The zero-order valence-corrected chi connectivity index (χ0v) is 11.4. The Balaban J connectivity index is 2.34. The fourth-order valence-electron chi connectivity index (χ4n) is 1.52. The van der Waals surface area contributed by atoms with Gasteiger partial charge in [-0.15, -0.1) is 0 Å². The molecule has 0 aliphatic carbocycles. The Morgan fingerprint density at radius 2 is 2.00 bits per heavy atom. The van der Waals surface area contributed by atoms with Crippen LogP contribution in [-0.2, 0) is 0 Å². The fraction of sp³-hybridized carbons (Fsp3) is 0.0714. The van der Waals surface area contributed by atoms with Crippen LogP contribution in [0.4, 0.5) is 5.69 Å². The number of hydrogen-bond acceptors (Lipinski definition) is 3. The Morgan fingerprint density at radius 1 is 1.22 bits per heavy atom. The molecule has 0 aliphatic heterocycles. The molecule has 2 N–H and O–H groups in total. The molecule has 18 heavy (non-hydrogen) atoms. The zero-order valence-electron chi connectivity index (χ0n) is 9.77. The lowest BCUT2D eigenvalue weighted by atomic mass is 10.2. The molecule has 0 atom stereocenters. The molecule has 0 saturated heterocycles. The Hall–Kier alpha value is -1.99. The number of ether oxygens (including phenoxy) is 1. The van der Waals surface area contributed by atoms with Crippen molar-refractivity contribution in [1.29, 1.82) is 5.26 Å². The van der Waals surface area contributed by atoms with Crippen LogP contribution in [0.1, 0.15) is 11.1 Å². The number of benzene rings is 2. The van der Waals surface area contributed by atoms with E-state index in [1.54, 1.807) is 24.3 Å². The third kappa shape index (κ3) is 2.63. The highest BCUT2D eigenvalue weighted by atomic mass is 79.9. The summed E-state index contributed by atoms with van der Waals surface area (Å²) in [6.45, 7) is 1.91. The highest BCUT2D eigenvalue weighted by Gasteiger charge is 2.06. The van der Waals surface area contributed by atoms with E-state index in [1.807, 2.05) is 19.1 Å². The molecule has 0 bridgehead atoms. The molecule has 0 fully saturated rings. The third-order valence-electron chi connectivity index (χ3n) is 2.53. The summed E-state index contributed by atoms with van der Waals surface area (Å²) in [5.74, 6) is 1.20. The average molecular weight is 303 g/mol. The van der Waals surface area contributed by atoms with Crippen LogP contribution in [0.3, 0.4) is 0 Å². The minimum absolute atomic E-state index is 0.485. The summed E-state index contributed by atoms with van der Waals surface area (Å²) in [6.07, 6.45) is 0. The first kappa shape index (κ1) is 12.5. The van der Waals surface area contributed by atoms with Gasteiger partial charge in [0.25, 0.3) is 0 Å². The van der Waals surface area contributed by atoms with Crippen LogP contribution in [0.25, 0.3) is 0 Å². The van der Waals surface area contributed by atoms with Crippen molar-refractivity contribution in [3.8, 4) is 17.6 Å². The second-order valence-corrected chi connectivity index (χ2v) is 4.79. The van der Waals surface area contributed by atoms with Gasteiger partial charge in [-0.05, 0) is 48.9 Å². The minimum atomic E-state index is 0.485. The van der Waals surface area contributed by atoms with Crippen molar-refractivity contribution in [2.75, 3.05) is 5.73 Å². The van der Waals surface area contributed by atoms with E-state index >= 15 is 0 Å². The summed E-state index contributed by atoms with van der Waals surface area (Å²) in [5.41, 5.74) is 7.90. The first-order valence-electron chi connectivity index (χ1n) is 5.34. The van der Waals surface area contributed by atoms with Crippen molar-refractivity contribution in [2.24, 2.45) is 0 Å². The highest BCUT2D eigenvalue weighted by molar-refractivity contribution is 9.10. The number of hydrogen-bond donors (Lipinski definition) is 1. The molecule has 4 heteroatoms. The van der Waals surface area contributed by atoms with E-state index in [1.165, 1.54) is 0 Å².